The predicted octanol–water partition coefficient (Wildman–Crippen LogP) is 2.29. The van der Waals surface area contributed by atoms with Crippen LogP contribution in [0.1, 0.15) is 22.7 Å². The Kier molecular flexibility index (Phi) is 3.97. The van der Waals surface area contributed by atoms with Crippen LogP contribution >= 0.6 is 11.3 Å². The quantitative estimate of drug-likeness (QED) is 0.905. The molecule has 0 amide bonds. The van der Waals surface area contributed by atoms with Crippen molar-refractivity contribution in [2.45, 2.75) is 31.2 Å². The van der Waals surface area contributed by atoms with Crippen molar-refractivity contribution in [3.8, 4) is 0 Å². The molecule has 2 heterocycles. The Bertz CT molecular complexity index is 753. The third-order valence-corrected chi connectivity index (χ3v) is 5.66. The topological polar surface area (TPSA) is 71.1 Å². The van der Waals surface area contributed by atoms with Crippen molar-refractivity contribution in [3.63, 3.8) is 0 Å². The van der Waals surface area contributed by atoms with E-state index in [0.29, 0.717) is 4.90 Å². The first-order valence-electron chi connectivity index (χ1n) is 6.82. The fraction of sp³-hybridized carbons (Fsp3) is 0.357. The number of fused-ring (bicyclic) bond motifs is 1. The van der Waals surface area contributed by atoms with Gasteiger partial charge >= 0.3 is 0 Å². The van der Waals surface area contributed by atoms with Gasteiger partial charge in [0.2, 0.25) is 10.0 Å². The van der Waals surface area contributed by atoms with Crippen molar-refractivity contribution < 1.29 is 8.42 Å². The summed E-state index contributed by atoms with van der Waals surface area (Å²) in [6.45, 7) is 3.07. The Morgan fingerprint density at radius 3 is 3.05 bits per heavy atom. The number of thiazole rings is 1. The van der Waals surface area contributed by atoms with E-state index in [1.807, 2.05) is 18.4 Å². The Balaban J connectivity index is 1.78. The summed E-state index contributed by atoms with van der Waals surface area (Å²) in [4.78, 5) is 4.58. The molecule has 0 saturated carbocycles. The fourth-order valence-corrected chi connectivity index (χ4v) is 4.02. The smallest absolute Gasteiger partial charge is 0.240 e. The molecule has 5 nitrogen and oxygen atoms in total. The molecule has 3 rings (SSSR count). The Morgan fingerprint density at radius 1 is 1.43 bits per heavy atom. The van der Waals surface area contributed by atoms with Gasteiger partial charge in [0.05, 0.1) is 22.1 Å². The molecule has 0 radical (unpaired) electrons. The van der Waals surface area contributed by atoms with Crippen LogP contribution in [-0.2, 0) is 23.0 Å². The lowest BCUT2D eigenvalue weighted by Crippen LogP contribution is -2.24. The summed E-state index contributed by atoms with van der Waals surface area (Å²) in [6.07, 6.45) is 1.94. The van der Waals surface area contributed by atoms with E-state index in [4.69, 9.17) is 0 Å². The minimum absolute atomic E-state index is 0.224. The standard InChI is InChI=1S/C14H17N3O2S2/c1-10-17-12(9-20-10)8-16-21(18,19)13-4-5-14-11(7-13)3-2-6-15-14/h4-5,7,9,15-16H,2-3,6,8H2,1H3. The van der Waals surface area contributed by atoms with E-state index in [0.717, 1.165) is 41.3 Å². The molecule has 2 aromatic rings. The van der Waals surface area contributed by atoms with E-state index in [-0.39, 0.29) is 6.54 Å². The van der Waals surface area contributed by atoms with Crippen molar-refractivity contribution in [2.75, 3.05) is 11.9 Å². The third kappa shape index (κ3) is 3.25. The van der Waals surface area contributed by atoms with Crippen LogP contribution in [0.25, 0.3) is 0 Å². The zero-order valence-corrected chi connectivity index (χ0v) is 13.4. The van der Waals surface area contributed by atoms with Gasteiger partial charge in [0.15, 0.2) is 0 Å². The number of hydrogen-bond donors (Lipinski definition) is 2. The van der Waals surface area contributed by atoms with E-state index >= 15 is 0 Å². The number of benzene rings is 1. The molecule has 0 unspecified atom stereocenters. The molecule has 0 saturated heterocycles. The summed E-state index contributed by atoms with van der Waals surface area (Å²) >= 11 is 1.52. The molecule has 0 aliphatic carbocycles. The maximum atomic E-state index is 12.3. The molecule has 2 N–H and O–H groups in total. The van der Waals surface area contributed by atoms with Crippen molar-refractivity contribution in [1.29, 1.82) is 0 Å². The second kappa shape index (κ2) is 5.75. The monoisotopic (exact) mass is 323 g/mol. The van der Waals surface area contributed by atoms with Crippen LogP contribution in [0.3, 0.4) is 0 Å². The molecule has 112 valence electrons. The molecule has 21 heavy (non-hydrogen) atoms. The molecule has 1 aliphatic rings. The molecule has 0 spiro atoms. The molecule has 0 fully saturated rings. The van der Waals surface area contributed by atoms with Gasteiger partial charge in [-0.05, 0) is 43.5 Å². The third-order valence-electron chi connectivity index (χ3n) is 3.44. The lowest BCUT2D eigenvalue weighted by molar-refractivity contribution is 0.580. The van der Waals surface area contributed by atoms with Crippen molar-refractivity contribution in [2.24, 2.45) is 0 Å². The maximum Gasteiger partial charge on any atom is 0.240 e. The highest BCUT2D eigenvalue weighted by Crippen LogP contribution is 2.25. The minimum atomic E-state index is -3.50. The van der Waals surface area contributed by atoms with Crippen LogP contribution in [0, 0.1) is 6.92 Å². The lowest BCUT2D eigenvalue weighted by atomic mass is 10.0. The fourth-order valence-electron chi connectivity index (χ4n) is 2.36. The highest BCUT2D eigenvalue weighted by molar-refractivity contribution is 7.89. The first-order chi connectivity index (χ1) is 10.0. The number of anilines is 1. The average Bonchev–Trinajstić information content (AvgIpc) is 2.90. The van der Waals surface area contributed by atoms with Gasteiger partial charge in [-0.3, -0.25) is 0 Å². The summed E-state index contributed by atoms with van der Waals surface area (Å²) < 4.78 is 27.3. The van der Waals surface area contributed by atoms with E-state index in [1.165, 1.54) is 11.3 Å². The van der Waals surface area contributed by atoms with Crippen LogP contribution in [0.5, 0.6) is 0 Å². The van der Waals surface area contributed by atoms with Gasteiger partial charge in [0, 0.05) is 17.6 Å². The molecule has 0 atom stereocenters. The van der Waals surface area contributed by atoms with E-state index in [9.17, 15) is 8.42 Å². The van der Waals surface area contributed by atoms with Gasteiger partial charge in [-0.1, -0.05) is 0 Å². The molecular weight excluding hydrogens is 306 g/mol. The molecular formula is C14H17N3O2S2. The van der Waals surface area contributed by atoms with Gasteiger partial charge in [0.1, 0.15) is 0 Å². The summed E-state index contributed by atoms with van der Waals surface area (Å²) in [6, 6.07) is 5.25. The molecule has 1 aromatic carbocycles. The van der Waals surface area contributed by atoms with E-state index in [2.05, 4.69) is 15.0 Å². The number of sulfonamides is 1. The van der Waals surface area contributed by atoms with Crippen LogP contribution in [0.4, 0.5) is 5.69 Å². The summed E-state index contributed by atoms with van der Waals surface area (Å²) in [5.74, 6) is 0. The summed E-state index contributed by atoms with van der Waals surface area (Å²) in [5, 5.41) is 6.08. The summed E-state index contributed by atoms with van der Waals surface area (Å²) in [5.41, 5.74) is 2.85. The van der Waals surface area contributed by atoms with Gasteiger partial charge in [-0.15, -0.1) is 11.3 Å². The Hall–Kier alpha value is -1.44. The van der Waals surface area contributed by atoms with E-state index in [1.54, 1.807) is 12.1 Å². The highest BCUT2D eigenvalue weighted by atomic mass is 32.2. The zero-order valence-electron chi connectivity index (χ0n) is 11.7. The minimum Gasteiger partial charge on any atom is -0.385 e. The van der Waals surface area contributed by atoms with Crippen LogP contribution in [0.2, 0.25) is 0 Å². The molecule has 7 heteroatoms. The largest absolute Gasteiger partial charge is 0.385 e. The number of nitrogens with one attached hydrogen (secondary N) is 2. The van der Waals surface area contributed by atoms with Crippen molar-refractivity contribution in [3.05, 3.63) is 39.8 Å². The first-order valence-corrected chi connectivity index (χ1v) is 9.18. The number of rotatable bonds is 4. The van der Waals surface area contributed by atoms with Crippen molar-refractivity contribution in [1.82, 2.24) is 9.71 Å². The van der Waals surface area contributed by atoms with Crippen LogP contribution in [-0.4, -0.2) is 19.9 Å². The molecule has 0 bridgehead atoms. The number of aryl methyl sites for hydroxylation is 2. The molecule has 1 aromatic heterocycles. The van der Waals surface area contributed by atoms with Gasteiger partial charge in [-0.25, -0.2) is 18.1 Å². The normalized spacial score (nSPS) is 14.5. The lowest BCUT2D eigenvalue weighted by Gasteiger charge is -2.18. The molecule has 1 aliphatic heterocycles. The Morgan fingerprint density at radius 2 is 2.29 bits per heavy atom. The SMILES string of the molecule is Cc1nc(CNS(=O)(=O)c2ccc3c(c2)CCCN3)cs1. The average molecular weight is 323 g/mol. The van der Waals surface area contributed by atoms with Gasteiger partial charge in [-0.2, -0.15) is 0 Å². The first kappa shape index (κ1) is 14.5. The predicted molar refractivity (Wildman–Crippen MR) is 84.1 cm³/mol. The highest BCUT2D eigenvalue weighted by Gasteiger charge is 2.17. The number of hydrogen-bond acceptors (Lipinski definition) is 5. The van der Waals surface area contributed by atoms with Gasteiger partial charge < -0.3 is 5.32 Å². The Labute approximate surface area is 128 Å². The summed E-state index contributed by atoms with van der Waals surface area (Å²) in [7, 11) is -3.50. The van der Waals surface area contributed by atoms with Crippen LogP contribution in [0.15, 0.2) is 28.5 Å². The second-order valence-electron chi connectivity index (χ2n) is 5.03. The maximum absolute atomic E-state index is 12.3. The zero-order chi connectivity index (χ0) is 14.9. The second-order valence-corrected chi connectivity index (χ2v) is 7.86. The van der Waals surface area contributed by atoms with Gasteiger partial charge in [0.25, 0.3) is 0 Å². The van der Waals surface area contributed by atoms with E-state index < -0.39 is 10.0 Å². The van der Waals surface area contributed by atoms with Crippen LogP contribution < -0.4 is 10.0 Å². The van der Waals surface area contributed by atoms with Crippen molar-refractivity contribution >= 4 is 27.0 Å². The number of aromatic nitrogens is 1. The number of nitrogens with zero attached hydrogens (tertiary/aromatic N) is 1.